The fourth-order valence-corrected chi connectivity index (χ4v) is 0.391. The second-order valence-electron chi connectivity index (χ2n) is 1.25. The van der Waals surface area contributed by atoms with Crippen molar-refractivity contribution in [2.45, 2.75) is 0 Å². The molecule has 43 valence electrons. The molecule has 0 amide bonds. The largest absolute Gasteiger partial charge is 0.480 e. The molecule has 3 nitrogen and oxygen atoms in total. The van der Waals surface area contributed by atoms with Gasteiger partial charge in [0.25, 0.3) is 0 Å². The normalized spacial score (nSPS) is 7.67. The van der Waals surface area contributed by atoms with E-state index in [0.29, 0.717) is 5.88 Å². The van der Waals surface area contributed by atoms with Gasteiger partial charge in [0.15, 0.2) is 0 Å². The van der Waals surface area contributed by atoms with Gasteiger partial charge in [0, 0.05) is 63.8 Å². The van der Waals surface area contributed by atoms with Gasteiger partial charge >= 0.3 is 0 Å². The van der Waals surface area contributed by atoms with E-state index in [1.54, 1.807) is 25.7 Å². The van der Waals surface area contributed by atoms with E-state index in [-0.39, 0.29) is 51.4 Å². The average molecular weight is 149 g/mol. The molecule has 4 heteroatoms. The fraction of sp³-hybridized carbons (Fsp3) is 0.200. The van der Waals surface area contributed by atoms with Crippen LogP contribution in [0, 0.1) is 0 Å². The predicted molar refractivity (Wildman–Crippen MR) is 34.3 cm³/mol. The first-order valence-electron chi connectivity index (χ1n) is 2.23. The first-order valence-corrected chi connectivity index (χ1v) is 2.23. The molecule has 0 aliphatic heterocycles. The Morgan fingerprint density at radius 3 is 2.56 bits per heavy atom. The smallest absolute Gasteiger partial charge is 0.231 e. The summed E-state index contributed by atoms with van der Waals surface area (Å²) < 4.78 is 4.74. The van der Waals surface area contributed by atoms with Crippen LogP contribution >= 0.6 is 0 Å². The Balaban J connectivity index is 0.000000640. The summed E-state index contributed by atoms with van der Waals surface area (Å²) in [6.45, 7) is 0. The van der Waals surface area contributed by atoms with E-state index in [1.807, 2.05) is 0 Å². The molecule has 1 heterocycles. The minimum atomic E-state index is 0. The van der Waals surface area contributed by atoms with Crippen molar-refractivity contribution in [1.82, 2.24) is 9.97 Å². The van der Waals surface area contributed by atoms with Crippen molar-refractivity contribution < 1.29 is 4.74 Å². The zero-order valence-electron chi connectivity index (χ0n) is 5.53. The first-order chi connectivity index (χ1) is 3.93. The number of methoxy groups -OCH3 is 1. The number of hydrogen-bond donors (Lipinski definition) is 0. The first kappa shape index (κ1) is 9.52. The van der Waals surface area contributed by atoms with E-state index in [0.717, 1.165) is 0 Å². The maximum Gasteiger partial charge on any atom is 0.231 e. The van der Waals surface area contributed by atoms with Crippen LogP contribution in [0.3, 0.4) is 0 Å². The molecule has 0 fully saturated rings. The molecule has 0 bridgehead atoms. The maximum atomic E-state index is 4.74. The topological polar surface area (TPSA) is 35.0 Å². The molecule has 0 saturated carbocycles. The van der Waals surface area contributed by atoms with Gasteiger partial charge in [-0.25, -0.2) is 4.98 Å². The number of ether oxygens (including phenoxy) is 1. The number of hydrogen-bond acceptors (Lipinski definition) is 3. The molecule has 1 rings (SSSR count). The van der Waals surface area contributed by atoms with Crippen LogP contribution in [0.4, 0.5) is 0 Å². The molecule has 0 aliphatic rings. The Hall–Kier alpha value is 0.516. The van der Waals surface area contributed by atoms with Crippen LogP contribution in [0.5, 0.6) is 5.88 Å². The zero-order chi connectivity index (χ0) is 5.82. The number of nitrogens with zero attached hydrogens (tertiary/aromatic N) is 2. The van der Waals surface area contributed by atoms with Crippen LogP contribution < -0.4 is 4.74 Å². The SMILES string of the molecule is COc1cnccn1.[K]. The third-order valence-corrected chi connectivity index (χ3v) is 0.749. The predicted octanol–water partition coefficient (Wildman–Crippen LogP) is 0.104. The molecular formula is C5H6KN2O. The Bertz CT molecular complexity index is 156. The van der Waals surface area contributed by atoms with E-state index in [9.17, 15) is 0 Å². The quantitative estimate of drug-likeness (QED) is 0.531. The van der Waals surface area contributed by atoms with Gasteiger partial charge in [-0.15, -0.1) is 0 Å². The summed E-state index contributed by atoms with van der Waals surface area (Å²) in [7, 11) is 1.56. The average Bonchev–Trinajstić information content (AvgIpc) is 1.90. The van der Waals surface area contributed by atoms with Crippen LogP contribution in [0.2, 0.25) is 0 Å². The summed E-state index contributed by atoms with van der Waals surface area (Å²) in [5, 5.41) is 0. The Morgan fingerprint density at radius 2 is 2.22 bits per heavy atom. The summed E-state index contributed by atoms with van der Waals surface area (Å²) in [5.74, 6) is 0.549. The minimum absolute atomic E-state index is 0. The summed E-state index contributed by atoms with van der Waals surface area (Å²) in [5.41, 5.74) is 0. The molecule has 0 atom stereocenters. The van der Waals surface area contributed by atoms with Crippen molar-refractivity contribution in [3.05, 3.63) is 18.6 Å². The third kappa shape index (κ3) is 3.27. The Kier molecular flexibility index (Phi) is 5.62. The van der Waals surface area contributed by atoms with Crippen LogP contribution in [-0.4, -0.2) is 68.5 Å². The summed E-state index contributed by atoms with van der Waals surface area (Å²) in [6.07, 6.45) is 4.74. The van der Waals surface area contributed by atoms with Gasteiger partial charge in [0.1, 0.15) is 0 Å². The van der Waals surface area contributed by atoms with E-state index < -0.39 is 0 Å². The van der Waals surface area contributed by atoms with Gasteiger partial charge in [0.2, 0.25) is 5.88 Å². The van der Waals surface area contributed by atoms with Gasteiger partial charge < -0.3 is 4.74 Å². The molecule has 1 radical (unpaired) electrons. The fourth-order valence-electron chi connectivity index (χ4n) is 0.391. The van der Waals surface area contributed by atoms with E-state index in [1.165, 1.54) is 0 Å². The molecule has 1 aromatic rings. The van der Waals surface area contributed by atoms with Gasteiger partial charge in [-0.2, -0.15) is 0 Å². The molecule has 0 aromatic carbocycles. The van der Waals surface area contributed by atoms with Crippen molar-refractivity contribution in [3.8, 4) is 5.88 Å². The monoisotopic (exact) mass is 149 g/mol. The molecule has 0 spiro atoms. The summed E-state index contributed by atoms with van der Waals surface area (Å²) in [4.78, 5) is 7.58. The molecule has 0 saturated heterocycles. The summed E-state index contributed by atoms with van der Waals surface area (Å²) in [6, 6.07) is 0. The second-order valence-corrected chi connectivity index (χ2v) is 1.25. The number of rotatable bonds is 1. The van der Waals surface area contributed by atoms with Crippen LogP contribution in [0.25, 0.3) is 0 Å². The third-order valence-electron chi connectivity index (χ3n) is 0.749. The van der Waals surface area contributed by atoms with Crippen molar-refractivity contribution in [3.63, 3.8) is 0 Å². The molecule has 1 aromatic heterocycles. The van der Waals surface area contributed by atoms with Gasteiger partial charge in [-0.3, -0.25) is 4.98 Å². The van der Waals surface area contributed by atoms with Gasteiger partial charge in [0.05, 0.1) is 13.3 Å². The minimum Gasteiger partial charge on any atom is -0.480 e. The van der Waals surface area contributed by atoms with Crippen LogP contribution in [0.1, 0.15) is 0 Å². The molecule has 9 heavy (non-hydrogen) atoms. The Labute approximate surface area is 96.3 Å². The van der Waals surface area contributed by atoms with Crippen LogP contribution in [-0.2, 0) is 0 Å². The van der Waals surface area contributed by atoms with E-state index in [2.05, 4.69) is 9.97 Å². The van der Waals surface area contributed by atoms with Crippen molar-refractivity contribution in [2.75, 3.05) is 7.11 Å². The van der Waals surface area contributed by atoms with Crippen molar-refractivity contribution in [2.24, 2.45) is 0 Å². The molecule has 0 N–H and O–H groups in total. The zero-order valence-corrected chi connectivity index (χ0v) is 8.66. The van der Waals surface area contributed by atoms with E-state index in [4.69, 9.17) is 4.74 Å². The second kappa shape index (κ2) is 5.31. The number of aromatic nitrogens is 2. The molecule has 0 unspecified atom stereocenters. The maximum absolute atomic E-state index is 4.74. The molecule has 0 aliphatic carbocycles. The van der Waals surface area contributed by atoms with E-state index >= 15 is 0 Å². The summed E-state index contributed by atoms with van der Waals surface area (Å²) >= 11 is 0. The van der Waals surface area contributed by atoms with Gasteiger partial charge in [-0.05, 0) is 0 Å². The van der Waals surface area contributed by atoms with Crippen molar-refractivity contribution in [1.29, 1.82) is 0 Å². The van der Waals surface area contributed by atoms with Crippen LogP contribution in [0.15, 0.2) is 18.6 Å². The van der Waals surface area contributed by atoms with Crippen molar-refractivity contribution >= 4 is 51.4 Å². The standard InChI is InChI=1S/C5H6N2O.K/c1-8-5-4-6-2-3-7-5;/h2-4H,1H3;. The van der Waals surface area contributed by atoms with Gasteiger partial charge in [-0.1, -0.05) is 0 Å². The molecular weight excluding hydrogens is 143 g/mol. The Morgan fingerprint density at radius 1 is 1.44 bits per heavy atom.